The summed E-state index contributed by atoms with van der Waals surface area (Å²) in [6.45, 7) is 0. The Morgan fingerprint density at radius 2 is 1.92 bits per heavy atom. The van der Waals surface area contributed by atoms with Crippen LogP contribution in [0.5, 0.6) is 0 Å². The van der Waals surface area contributed by atoms with E-state index < -0.39 is 23.5 Å². The predicted molar refractivity (Wildman–Crippen MR) is 78.7 cm³/mol. The Labute approximate surface area is 138 Å². The molecule has 0 bridgehead atoms. The third-order valence-electron chi connectivity index (χ3n) is 3.39. The van der Waals surface area contributed by atoms with Crippen molar-refractivity contribution in [1.29, 1.82) is 0 Å². The van der Waals surface area contributed by atoms with Gasteiger partial charge >= 0.3 is 12.1 Å². The number of nitrogens with zero attached hydrogens (tertiary/aromatic N) is 3. The monoisotopic (exact) mass is 351 g/mol. The third kappa shape index (κ3) is 3.21. The van der Waals surface area contributed by atoms with Crippen molar-refractivity contribution in [3.63, 3.8) is 0 Å². The topological polar surface area (TPSA) is 68.0 Å². The van der Waals surface area contributed by atoms with Gasteiger partial charge in [0.15, 0.2) is 5.69 Å². The second-order valence-corrected chi connectivity index (χ2v) is 5.04. The summed E-state index contributed by atoms with van der Waals surface area (Å²) in [5, 5.41) is 13.0. The van der Waals surface area contributed by atoms with Gasteiger partial charge in [0.2, 0.25) is 0 Å². The zero-order chi connectivity index (χ0) is 18.2. The number of halogens is 4. The Bertz CT molecular complexity index is 936. The lowest BCUT2D eigenvalue weighted by molar-refractivity contribution is -0.139. The van der Waals surface area contributed by atoms with E-state index in [9.17, 15) is 22.4 Å². The fourth-order valence-electron chi connectivity index (χ4n) is 2.27. The molecular weight excluding hydrogens is 342 g/mol. The molecule has 2 aromatic heterocycles. The van der Waals surface area contributed by atoms with Gasteiger partial charge in [-0.3, -0.25) is 4.98 Å². The molecule has 9 heteroatoms. The normalized spacial score (nSPS) is 11.5. The van der Waals surface area contributed by atoms with Crippen molar-refractivity contribution in [3.8, 4) is 16.9 Å². The van der Waals surface area contributed by atoms with Crippen molar-refractivity contribution in [2.75, 3.05) is 0 Å². The van der Waals surface area contributed by atoms with Crippen molar-refractivity contribution in [1.82, 2.24) is 14.8 Å². The molecule has 0 amide bonds. The minimum Gasteiger partial charge on any atom is -0.476 e. The average Bonchev–Trinajstić information content (AvgIpc) is 3.00. The molecule has 0 saturated heterocycles. The summed E-state index contributed by atoms with van der Waals surface area (Å²) in [6.07, 6.45) is -1.94. The molecule has 128 valence electrons. The minimum absolute atomic E-state index is 0.0503. The first-order chi connectivity index (χ1) is 11.8. The Hall–Kier alpha value is -3.23. The van der Waals surface area contributed by atoms with Crippen LogP contribution in [-0.2, 0) is 6.18 Å². The van der Waals surface area contributed by atoms with E-state index in [1.54, 1.807) is 12.1 Å². The van der Waals surface area contributed by atoms with Crippen molar-refractivity contribution in [2.45, 2.75) is 6.18 Å². The molecule has 1 N–H and O–H groups in total. The summed E-state index contributed by atoms with van der Waals surface area (Å²) in [4.78, 5) is 15.1. The molecule has 0 radical (unpaired) electrons. The lowest BCUT2D eigenvalue weighted by Gasteiger charge is -2.11. The van der Waals surface area contributed by atoms with Crippen LogP contribution in [0.25, 0.3) is 16.9 Å². The van der Waals surface area contributed by atoms with Crippen LogP contribution in [-0.4, -0.2) is 25.8 Å². The van der Waals surface area contributed by atoms with Crippen molar-refractivity contribution in [2.24, 2.45) is 0 Å². The first-order valence-corrected chi connectivity index (χ1v) is 6.88. The number of hydrogen-bond donors (Lipinski definition) is 1. The lowest BCUT2D eigenvalue weighted by atomic mass is 10.1. The highest BCUT2D eigenvalue weighted by Gasteiger charge is 2.34. The second-order valence-electron chi connectivity index (χ2n) is 5.04. The first-order valence-electron chi connectivity index (χ1n) is 6.88. The molecule has 5 nitrogen and oxygen atoms in total. The van der Waals surface area contributed by atoms with E-state index in [0.29, 0.717) is 17.8 Å². The summed E-state index contributed by atoms with van der Waals surface area (Å²) >= 11 is 0. The summed E-state index contributed by atoms with van der Waals surface area (Å²) in [6, 6.07) is 6.66. The Balaban J connectivity index is 2.17. The smallest absolute Gasteiger partial charge is 0.419 e. The average molecular weight is 351 g/mol. The quantitative estimate of drug-likeness (QED) is 0.729. The van der Waals surface area contributed by atoms with E-state index >= 15 is 0 Å². The number of rotatable bonds is 3. The molecule has 0 saturated carbocycles. The van der Waals surface area contributed by atoms with E-state index in [-0.39, 0.29) is 17.0 Å². The van der Waals surface area contributed by atoms with Gasteiger partial charge in [0.1, 0.15) is 5.82 Å². The Morgan fingerprint density at radius 3 is 2.48 bits per heavy atom. The molecular formula is C16H9F4N3O2. The van der Waals surface area contributed by atoms with Crippen molar-refractivity contribution < 1.29 is 27.5 Å². The van der Waals surface area contributed by atoms with Crippen LogP contribution in [0, 0.1) is 5.82 Å². The molecule has 0 fully saturated rings. The third-order valence-corrected chi connectivity index (χ3v) is 3.39. The number of carboxylic acids is 1. The van der Waals surface area contributed by atoms with Gasteiger partial charge in [-0.05, 0) is 30.3 Å². The summed E-state index contributed by atoms with van der Waals surface area (Å²) < 4.78 is 53.1. The number of hydrogen-bond acceptors (Lipinski definition) is 3. The van der Waals surface area contributed by atoms with E-state index in [2.05, 4.69) is 10.1 Å². The molecule has 0 aliphatic carbocycles. The summed E-state index contributed by atoms with van der Waals surface area (Å²) in [5.74, 6) is -2.78. The molecule has 0 spiro atoms. The van der Waals surface area contributed by atoms with E-state index in [1.807, 2.05) is 0 Å². The molecule has 3 aromatic rings. The molecule has 0 aliphatic heterocycles. The predicted octanol–water partition coefficient (Wildman–Crippen LogP) is 3.79. The van der Waals surface area contributed by atoms with Crippen LogP contribution in [0.15, 0.2) is 48.8 Å². The van der Waals surface area contributed by atoms with Crippen molar-refractivity contribution >= 4 is 5.97 Å². The number of benzene rings is 1. The number of alkyl halides is 3. The SMILES string of the molecule is O=C(O)c1cc(-c2ccc(C(F)(F)F)c(F)c2)n(-c2cccnc2)n1. The second kappa shape index (κ2) is 6.00. The molecule has 25 heavy (non-hydrogen) atoms. The van der Waals surface area contributed by atoms with Gasteiger partial charge in [0.05, 0.1) is 23.1 Å². The Morgan fingerprint density at radius 1 is 1.16 bits per heavy atom. The molecule has 1 aromatic carbocycles. The largest absolute Gasteiger partial charge is 0.476 e. The van der Waals surface area contributed by atoms with Crippen molar-refractivity contribution in [3.05, 3.63) is 65.9 Å². The molecule has 3 rings (SSSR count). The van der Waals surface area contributed by atoms with Crippen LogP contribution in [0.3, 0.4) is 0 Å². The van der Waals surface area contributed by atoms with Gasteiger partial charge in [-0.15, -0.1) is 0 Å². The maximum absolute atomic E-state index is 13.9. The van der Waals surface area contributed by atoms with Gasteiger partial charge in [-0.1, -0.05) is 6.07 Å². The number of aromatic carboxylic acids is 1. The zero-order valence-electron chi connectivity index (χ0n) is 12.3. The van der Waals surface area contributed by atoms with Crippen LogP contribution >= 0.6 is 0 Å². The zero-order valence-corrected chi connectivity index (χ0v) is 12.3. The number of carboxylic acid groups (broad SMARTS) is 1. The fraction of sp³-hybridized carbons (Fsp3) is 0.0625. The van der Waals surface area contributed by atoms with Crippen LogP contribution in [0.4, 0.5) is 17.6 Å². The maximum Gasteiger partial charge on any atom is 0.419 e. The molecule has 2 heterocycles. The van der Waals surface area contributed by atoms with Gasteiger partial charge in [0, 0.05) is 11.8 Å². The molecule has 0 unspecified atom stereocenters. The first kappa shape index (κ1) is 16.6. The number of pyridine rings is 1. The standard InChI is InChI=1S/C16H9F4N3O2/c17-12-6-9(3-4-11(12)16(18,19)20)14-7-13(15(24)25)22-23(14)10-2-1-5-21-8-10/h1-8H,(H,24,25). The molecule has 0 atom stereocenters. The highest BCUT2D eigenvalue weighted by atomic mass is 19.4. The highest BCUT2D eigenvalue weighted by Crippen LogP contribution is 2.34. The molecule has 0 aliphatic rings. The van der Waals surface area contributed by atoms with Gasteiger partial charge in [-0.2, -0.15) is 18.3 Å². The number of aromatic nitrogens is 3. The van der Waals surface area contributed by atoms with E-state index in [1.165, 1.54) is 17.1 Å². The fourth-order valence-corrected chi connectivity index (χ4v) is 2.27. The maximum atomic E-state index is 13.9. The van der Waals surface area contributed by atoms with E-state index in [4.69, 9.17) is 5.11 Å². The summed E-state index contributed by atoms with van der Waals surface area (Å²) in [7, 11) is 0. The van der Waals surface area contributed by atoms with Gasteiger partial charge < -0.3 is 5.11 Å². The van der Waals surface area contributed by atoms with Crippen LogP contribution in [0.1, 0.15) is 16.1 Å². The Kier molecular flexibility index (Phi) is 3.99. The van der Waals surface area contributed by atoms with E-state index in [0.717, 1.165) is 12.1 Å². The lowest BCUT2D eigenvalue weighted by Crippen LogP contribution is -2.08. The van der Waals surface area contributed by atoms with Gasteiger partial charge in [0.25, 0.3) is 0 Å². The van der Waals surface area contributed by atoms with Crippen LogP contribution < -0.4 is 0 Å². The summed E-state index contributed by atoms with van der Waals surface area (Å²) in [5.41, 5.74) is -1.18. The minimum atomic E-state index is -4.82. The highest BCUT2D eigenvalue weighted by molar-refractivity contribution is 5.87. The van der Waals surface area contributed by atoms with Gasteiger partial charge in [-0.25, -0.2) is 13.9 Å². The number of carbonyl (C=O) groups is 1. The van der Waals surface area contributed by atoms with Crippen LogP contribution in [0.2, 0.25) is 0 Å².